The summed E-state index contributed by atoms with van der Waals surface area (Å²) >= 11 is 5.71. The Morgan fingerprint density at radius 3 is 2.20 bits per heavy atom. The molecule has 9 nitrogen and oxygen atoms in total. The quantitative estimate of drug-likeness (QED) is 0.333. The number of nitrogens with one attached hydrogen (secondary N) is 2. The Labute approximate surface area is 235 Å². The van der Waals surface area contributed by atoms with E-state index >= 15 is 0 Å². The topological polar surface area (TPSA) is 122 Å². The molecule has 1 amide bonds. The van der Waals surface area contributed by atoms with E-state index in [1.54, 1.807) is 19.9 Å². The lowest BCUT2D eigenvalue weighted by Gasteiger charge is -2.25. The molecule has 3 aromatic rings. The zero-order chi connectivity index (χ0) is 29.9. The summed E-state index contributed by atoms with van der Waals surface area (Å²) in [5, 5.41) is 1.74. The molecule has 0 unspecified atom stereocenters. The molecule has 0 aliphatic rings. The third kappa shape index (κ3) is 7.24. The van der Waals surface area contributed by atoms with Crippen molar-refractivity contribution < 1.29 is 39.5 Å². The van der Waals surface area contributed by atoms with E-state index in [9.17, 15) is 34.8 Å². The minimum atomic E-state index is -4.90. The minimum absolute atomic E-state index is 0.0557. The number of methoxy groups -OCH3 is 1. The van der Waals surface area contributed by atoms with E-state index in [1.165, 1.54) is 43.5 Å². The Hall–Kier alpha value is -3.33. The van der Waals surface area contributed by atoms with E-state index in [0.29, 0.717) is 10.4 Å². The van der Waals surface area contributed by atoms with E-state index in [0.717, 1.165) is 18.2 Å². The Bertz CT molecular complexity index is 1600. The second-order valence-corrected chi connectivity index (χ2v) is 12.7. The van der Waals surface area contributed by atoms with E-state index in [-0.39, 0.29) is 21.2 Å². The lowest BCUT2D eigenvalue weighted by atomic mass is 10.2. The van der Waals surface area contributed by atoms with Crippen molar-refractivity contribution in [3.8, 4) is 5.75 Å². The first-order chi connectivity index (χ1) is 18.6. The third-order valence-corrected chi connectivity index (χ3v) is 9.08. The Balaban J connectivity index is 2.05. The van der Waals surface area contributed by atoms with Crippen LogP contribution in [-0.4, -0.2) is 42.4 Å². The van der Waals surface area contributed by atoms with Crippen molar-refractivity contribution in [3.63, 3.8) is 0 Å². The maximum absolute atomic E-state index is 13.6. The van der Waals surface area contributed by atoms with Gasteiger partial charge in [-0.3, -0.25) is 9.10 Å². The molecule has 0 bridgehead atoms. The van der Waals surface area contributed by atoms with Crippen LogP contribution in [-0.2, 0) is 31.0 Å². The van der Waals surface area contributed by atoms with Gasteiger partial charge in [0.25, 0.3) is 10.0 Å². The fraction of sp³-hybridized carbons (Fsp3) is 0.240. The summed E-state index contributed by atoms with van der Waals surface area (Å²) < 4.78 is 101. The molecular formula is C25H25ClF3N3O6S2. The molecule has 216 valence electrons. The summed E-state index contributed by atoms with van der Waals surface area (Å²) in [6.45, 7) is 2.26. The zero-order valence-electron chi connectivity index (χ0n) is 21.4. The molecule has 2 N–H and O–H groups in total. The standard InChI is InChI=1S/C25H25ClF3N3O6S2/c1-16(2)31-39(34,35)19-10-12-23(38-3)22(14-19)30-24(33)15-32(40(36,37)18-7-5-4-6-8-18)17-9-11-21(26)20(13-17)25(27,28)29/h4-14,16,31H,15H2,1-3H3,(H,30,33). The van der Waals surface area contributed by atoms with Crippen LogP contribution in [0.25, 0.3) is 0 Å². The summed E-state index contributed by atoms with van der Waals surface area (Å²) in [5.74, 6) is -0.937. The van der Waals surface area contributed by atoms with E-state index in [1.807, 2.05) is 0 Å². The van der Waals surface area contributed by atoms with Gasteiger partial charge in [-0.15, -0.1) is 0 Å². The molecular weight excluding hydrogens is 595 g/mol. The molecule has 40 heavy (non-hydrogen) atoms. The largest absolute Gasteiger partial charge is 0.495 e. The first kappa shape index (κ1) is 31.2. The van der Waals surface area contributed by atoms with Crippen LogP contribution in [0.5, 0.6) is 5.75 Å². The molecule has 15 heteroatoms. The van der Waals surface area contributed by atoms with Crippen molar-refractivity contribution in [3.05, 3.63) is 77.3 Å². The summed E-state index contributed by atoms with van der Waals surface area (Å²) in [7, 11) is -7.26. The maximum atomic E-state index is 13.6. The van der Waals surface area contributed by atoms with E-state index in [4.69, 9.17) is 16.3 Å². The van der Waals surface area contributed by atoms with Crippen LogP contribution in [0.2, 0.25) is 5.02 Å². The summed E-state index contributed by atoms with van der Waals surface area (Å²) in [6, 6.07) is 12.5. The van der Waals surface area contributed by atoms with Crippen LogP contribution in [0.4, 0.5) is 24.5 Å². The number of hydrogen-bond acceptors (Lipinski definition) is 6. The third-order valence-electron chi connectivity index (χ3n) is 5.31. The predicted octanol–water partition coefficient (Wildman–Crippen LogP) is 4.89. The molecule has 0 heterocycles. The predicted molar refractivity (Wildman–Crippen MR) is 145 cm³/mol. The molecule has 0 aliphatic heterocycles. The lowest BCUT2D eigenvalue weighted by molar-refractivity contribution is -0.137. The number of rotatable bonds is 10. The molecule has 0 saturated heterocycles. The number of nitrogens with zero attached hydrogens (tertiary/aromatic N) is 1. The highest BCUT2D eigenvalue weighted by Crippen LogP contribution is 2.38. The van der Waals surface area contributed by atoms with Crippen molar-refractivity contribution in [2.24, 2.45) is 0 Å². The number of anilines is 2. The van der Waals surface area contributed by atoms with Gasteiger partial charge in [-0.25, -0.2) is 21.6 Å². The molecule has 0 aromatic heterocycles. The minimum Gasteiger partial charge on any atom is -0.495 e. The monoisotopic (exact) mass is 619 g/mol. The van der Waals surface area contributed by atoms with Crippen molar-refractivity contribution in [2.45, 2.75) is 35.9 Å². The lowest BCUT2D eigenvalue weighted by Crippen LogP contribution is -2.38. The van der Waals surface area contributed by atoms with Crippen molar-refractivity contribution >= 4 is 48.9 Å². The highest BCUT2D eigenvalue weighted by atomic mass is 35.5. The van der Waals surface area contributed by atoms with Crippen LogP contribution in [0.3, 0.4) is 0 Å². The molecule has 0 aliphatic carbocycles. The van der Waals surface area contributed by atoms with Gasteiger partial charge in [-0.2, -0.15) is 13.2 Å². The fourth-order valence-corrected chi connectivity index (χ4v) is 6.51. The van der Waals surface area contributed by atoms with Crippen LogP contribution in [0, 0.1) is 0 Å². The first-order valence-corrected chi connectivity index (χ1v) is 14.8. The van der Waals surface area contributed by atoms with Gasteiger partial charge in [0, 0.05) is 6.04 Å². The molecule has 3 rings (SSSR count). The number of carbonyl (C=O) groups excluding carboxylic acids is 1. The van der Waals surface area contributed by atoms with Gasteiger partial charge in [0.1, 0.15) is 12.3 Å². The molecule has 0 saturated carbocycles. The van der Waals surface area contributed by atoms with Gasteiger partial charge >= 0.3 is 6.18 Å². The van der Waals surface area contributed by atoms with Gasteiger partial charge in [0.15, 0.2) is 0 Å². The molecule has 0 radical (unpaired) electrons. The molecule has 0 spiro atoms. The average Bonchev–Trinajstić information content (AvgIpc) is 2.86. The second-order valence-electron chi connectivity index (χ2n) is 8.67. The van der Waals surface area contributed by atoms with Gasteiger partial charge in [0.2, 0.25) is 15.9 Å². The number of alkyl halides is 3. The summed E-state index contributed by atoms with van der Waals surface area (Å²) in [6.07, 6.45) is -4.90. The van der Waals surface area contributed by atoms with E-state index in [2.05, 4.69) is 10.0 Å². The van der Waals surface area contributed by atoms with E-state index < -0.39 is 61.0 Å². The van der Waals surface area contributed by atoms with Crippen molar-refractivity contribution in [1.29, 1.82) is 0 Å². The van der Waals surface area contributed by atoms with Crippen molar-refractivity contribution in [2.75, 3.05) is 23.3 Å². The smallest absolute Gasteiger partial charge is 0.417 e. The average molecular weight is 620 g/mol. The van der Waals surface area contributed by atoms with Crippen LogP contribution < -0.4 is 19.1 Å². The number of halogens is 4. The zero-order valence-corrected chi connectivity index (χ0v) is 23.7. The summed E-state index contributed by atoms with van der Waals surface area (Å²) in [5.41, 5.74) is -1.87. The fourth-order valence-electron chi connectivity index (χ4n) is 3.57. The van der Waals surface area contributed by atoms with Gasteiger partial charge in [0.05, 0.1) is 38.9 Å². The highest BCUT2D eigenvalue weighted by molar-refractivity contribution is 7.92. The Morgan fingerprint density at radius 2 is 1.62 bits per heavy atom. The van der Waals surface area contributed by atoms with Crippen molar-refractivity contribution in [1.82, 2.24) is 4.72 Å². The highest BCUT2D eigenvalue weighted by Gasteiger charge is 2.35. The second kappa shape index (κ2) is 12.0. The molecule has 0 fully saturated rings. The van der Waals surface area contributed by atoms with Crippen LogP contribution >= 0.6 is 11.6 Å². The maximum Gasteiger partial charge on any atom is 0.417 e. The van der Waals surface area contributed by atoms with Gasteiger partial charge < -0.3 is 10.1 Å². The first-order valence-electron chi connectivity index (χ1n) is 11.5. The van der Waals surface area contributed by atoms with Crippen LogP contribution in [0.15, 0.2) is 76.5 Å². The number of benzene rings is 3. The SMILES string of the molecule is COc1ccc(S(=O)(=O)NC(C)C)cc1NC(=O)CN(c1ccc(Cl)c(C(F)(F)F)c1)S(=O)(=O)c1ccccc1. The number of sulfonamides is 2. The number of carbonyl (C=O) groups is 1. The Morgan fingerprint density at radius 1 is 0.975 bits per heavy atom. The molecule has 0 atom stereocenters. The number of hydrogen-bond donors (Lipinski definition) is 2. The number of amides is 1. The summed E-state index contributed by atoms with van der Waals surface area (Å²) in [4.78, 5) is 12.7. The van der Waals surface area contributed by atoms with Gasteiger partial charge in [-0.1, -0.05) is 29.8 Å². The normalized spacial score (nSPS) is 12.3. The Kier molecular flexibility index (Phi) is 9.39. The number of ether oxygens (including phenoxy) is 1. The van der Waals surface area contributed by atoms with Gasteiger partial charge in [-0.05, 0) is 62.4 Å². The molecule has 3 aromatic carbocycles. The van der Waals surface area contributed by atoms with Crippen LogP contribution in [0.1, 0.15) is 19.4 Å².